The molecule has 2 aromatic heterocycles. The molecule has 1 N–H and O–H groups in total. The number of benzene rings is 1. The van der Waals surface area contributed by atoms with E-state index in [-0.39, 0.29) is 0 Å². The zero-order chi connectivity index (χ0) is 15.0. The van der Waals surface area contributed by atoms with Gasteiger partial charge < -0.3 is 5.32 Å². The Morgan fingerprint density at radius 3 is 2.19 bits per heavy atom. The third-order valence-electron chi connectivity index (χ3n) is 3.21. The minimum Gasteiger partial charge on any atom is -0.307 e. The number of nitrogens with zero attached hydrogens (tertiary/aromatic N) is 4. The number of anilines is 2. The summed E-state index contributed by atoms with van der Waals surface area (Å²) in [6, 6.07) is 7.99. The fourth-order valence-electron chi connectivity index (χ4n) is 2.26. The van der Waals surface area contributed by atoms with E-state index in [2.05, 4.69) is 25.3 Å². The lowest BCUT2D eigenvalue weighted by Gasteiger charge is -2.09. The van der Waals surface area contributed by atoms with Crippen molar-refractivity contribution < 1.29 is 0 Å². The number of hydrogen-bond donors (Lipinski definition) is 1. The van der Waals surface area contributed by atoms with Crippen molar-refractivity contribution in [2.45, 2.75) is 27.7 Å². The van der Waals surface area contributed by atoms with Crippen LogP contribution in [0.25, 0.3) is 11.0 Å². The summed E-state index contributed by atoms with van der Waals surface area (Å²) in [7, 11) is 0. The van der Waals surface area contributed by atoms with E-state index < -0.39 is 0 Å². The molecule has 0 bridgehead atoms. The molecule has 0 spiro atoms. The van der Waals surface area contributed by atoms with Crippen molar-refractivity contribution >= 4 is 22.8 Å². The molecule has 0 atom stereocenters. The molecule has 1 aromatic carbocycles. The van der Waals surface area contributed by atoms with Gasteiger partial charge in [-0.3, -0.25) is 0 Å². The zero-order valence-corrected chi connectivity index (χ0v) is 12.6. The Hall–Kier alpha value is -2.56. The summed E-state index contributed by atoms with van der Waals surface area (Å²) >= 11 is 0. The molecule has 0 aliphatic carbocycles. The van der Waals surface area contributed by atoms with Gasteiger partial charge in [-0.05, 0) is 51.5 Å². The van der Waals surface area contributed by atoms with Crippen LogP contribution in [0.4, 0.5) is 11.8 Å². The Kier molecular flexibility index (Phi) is 3.25. The lowest BCUT2D eigenvalue weighted by molar-refractivity contribution is 1.05. The molecule has 0 aliphatic heterocycles. The van der Waals surface area contributed by atoms with Gasteiger partial charge in [0.2, 0.25) is 5.95 Å². The second-order valence-electron chi connectivity index (χ2n) is 5.25. The van der Waals surface area contributed by atoms with Gasteiger partial charge in [-0.1, -0.05) is 6.07 Å². The fraction of sp³-hybridized carbons (Fsp3) is 0.250. The molecule has 106 valence electrons. The van der Waals surface area contributed by atoms with Crippen LogP contribution < -0.4 is 5.32 Å². The molecule has 0 saturated heterocycles. The number of nitrogens with one attached hydrogen (secondary N) is 1. The predicted octanol–water partition coefficient (Wildman–Crippen LogP) is 3.40. The molecule has 5 nitrogen and oxygen atoms in total. The molecule has 3 rings (SSSR count). The van der Waals surface area contributed by atoms with E-state index in [4.69, 9.17) is 0 Å². The van der Waals surface area contributed by atoms with Gasteiger partial charge in [-0.15, -0.1) is 0 Å². The minimum atomic E-state index is 0.553. The molecule has 2 heterocycles. The molecular weight excluding hydrogens is 262 g/mol. The zero-order valence-electron chi connectivity index (χ0n) is 12.6. The molecule has 0 radical (unpaired) electrons. The quantitative estimate of drug-likeness (QED) is 0.779. The molecule has 0 fully saturated rings. The Morgan fingerprint density at radius 1 is 0.762 bits per heavy atom. The third kappa shape index (κ3) is 2.81. The van der Waals surface area contributed by atoms with Crippen LogP contribution in [0, 0.1) is 27.7 Å². The molecule has 21 heavy (non-hydrogen) atoms. The molecule has 0 saturated carbocycles. The first-order valence-corrected chi connectivity index (χ1v) is 6.85. The summed E-state index contributed by atoms with van der Waals surface area (Å²) in [5.74, 6) is 1.25. The van der Waals surface area contributed by atoms with Crippen molar-refractivity contribution in [1.29, 1.82) is 0 Å². The highest BCUT2D eigenvalue weighted by Gasteiger charge is 2.08. The summed E-state index contributed by atoms with van der Waals surface area (Å²) in [6.07, 6.45) is 0. The van der Waals surface area contributed by atoms with E-state index in [1.807, 2.05) is 52.0 Å². The molecule has 3 aromatic rings. The first-order valence-electron chi connectivity index (χ1n) is 6.85. The van der Waals surface area contributed by atoms with Gasteiger partial charge in [0.1, 0.15) is 0 Å². The van der Waals surface area contributed by atoms with Crippen LogP contribution in [0.1, 0.15) is 22.6 Å². The summed E-state index contributed by atoms with van der Waals surface area (Å²) in [4.78, 5) is 18.0. The van der Waals surface area contributed by atoms with Crippen molar-refractivity contribution in [1.82, 2.24) is 19.9 Å². The van der Waals surface area contributed by atoms with Crippen LogP contribution in [-0.4, -0.2) is 19.9 Å². The normalized spacial score (nSPS) is 10.9. The highest BCUT2D eigenvalue weighted by atomic mass is 15.1. The number of aryl methyl sites for hydroxylation is 4. The van der Waals surface area contributed by atoms with Crippen LogP contribution in [-0.2, 0) is 0 Å². The lowest BCUT2D eigenvalue weighted by Crippen LogP contribution is -2.04. The maximum Gasteiger partial charge on any atom is 0.228 e. The number of fused-ring (bicyclic) bond motifs is 1. The van der Waals surface area contributed by atoms with Crippen LogP contribution in [0.15, 0.2) is 24.3 Å². The smallest absolute Gasteiger partial charge is 0.228 e. The first kappa shape index (κ1) is 13.4. The molecular formula is C16H17N5. The Labute approximate surface area is 123 Å². The molecule has 0 unspecified atom stereocenters. The largest absolute Gasteiger partial charge is 0.307 e. The number of hydrogen-bond acceptors (Lipinski definition) is 5. The maximum absolute atomic E-state index is 4.64. The fourth-order valence-corrected chi connectivity index (χ4v) is 2.26. The van der Waals surface area contributed by atoms with Crippen molar-refractivity contribution in [3.63, 3.8) is 0 Å². The van der Waals surface area contributed by atoms with Gasteiger partial charge in [-0.2, -0.15) is 0 Å². The van der Waals surface area contributed by atoms with E-state index >= 15 is 0 Å². The van der Waals surface area contributed by atoms with Crippen LogP contribution in [0.5, 0.6) is 0 Å². The van der Waals surface area contributed by atoms with Crippen LogP contribution in [0.3, 0.4) is 0 Å². The average Bonchev–Trinajstić information content (AvgIpc) is 2.39. The highest BCUT2D eigenvalue weighted by Crippen LogP contribution is 2.20. The van der Waals surface area contributed by atoms with Crippen LogP contribution >= 0.6 is 0 Å². The van der Waals surface area contributed by atoms with Gasteiger partial charge in [0.15, 0.2) is 5.82 Å². The van der Waals surface area contributed by atoms with Crippen molar-refractivity contribution in [3.8, 4) is 0 Å². The first-order chi connectivity index (χ1) is 10.0. The maximum atomic E-state index is 4.64. The topological polar surface area (TPSA) is 63.6 Å². The Balaban J connectivity index is 2.05. The molecule has 0 aliphatic rings. The Morgan fingerprint density at radius 2 is 1.48 bits per heavy atom. The van der Waals surface area contributed by atoms with E-state index in [9.17, 15) is 0 Å². The van der Waals surface area contributed by atoms with Gasteiger partial charge in [0.25, 0.3) is 0 Å². The average molecular weight is 279 g/mol. The molecule has 5 heteroatoms. The Bertz CT molecular complexity index is 806. The van der Waals surface area contributed by atoms with E-state index in [0.717, 1.165) is 33.7 Å². The summed E-state index contributed by atoms with van der Waals surface area (Å²) in [5.41, 5.74) is 5.60. The van der Waals surface area contributed by atoms with Gasteiger partial charge >= 0.3 is 0 Å². The predicted molar refractivity (Wildman–Crippen MR) is 83.8 cm³/mol. The van der Waals surface area contributed by atoms with E-state index in [1.54, 1.807) is 0 Å². The SMILES string of the molecule is Cc1ccc2nc(C)c(Nc3nc(C)cc(C)n3)nc2c1. The van der Waals surface area contributed by atoms with Gasteiger partial charge in [0.05, 0.1) is 16.7 Å². The second-order valence-corrected chi connectivity index (χ2v) is 5.25. The van der Waals surface area contributed by atoms with Crippen molar-refractivity contribution in [2.75, 3.05) is 5.32 Å². The number of aromatic nitrogens is 4. The van der Waals surface area contributed by atoms with Crippen molar-refractivity contribution in [2.24, 2.45) is 0 Å². The summed E-state index contributed by atoms with van der Waals surface area (Å²) in [6.45, 7) is 7.86. The lowest BCUT2D eigenvalue weighted by atomic mass is 10.2. The standard InChI is InChI=1S/C16H17N5/c1-9-5-6-13-14(7-9)20-15(12(4)19-13)21-16-17-10(2)8-11(3)18-16/h5-8H,1-4H3,(H,17,18,20,21). The van der Waals surface area contributed by atoms with E-state index in [1.165, 1.54) is 0 Å². The highest BCUT2D eigenvalue weighted by molar-refractivity contribution is 5.77. The monoisotopic (exact) mass is 279 g/mol. The van der Waals surface area contributed by atoms with Crippen LogP contribution in [0.2, 0.25) is 0 Å². The van der Waals surface area contributed by atoms with Crippen molar-refractivity contribution in [3.05, 3.63) is 46.9 Å². The second kappa shape index (κ2) is 5.09. The minimum absolute atomic E-state index is 0.553. The number of rotatable bonds is 2. The van der Waals surface area contributed by atoms with E-state index in [0.29, 0.717) is 11.8 Å². The summed E-state index contributed by atoms with van der Waals surface area (Å²) in [5, 5.41) is 3.17. The third-order valence-corrected chi connectivity index (χ3v) is 3.21. The molecule has 0 amide bonds. The summed E-state index contributed by atoms with van der Waals surface area (Å²) < 4.78 is 0. The van der Waals surface area contributed by atoms with Gasteiger partial charge in [-0.25, -0.2) is 19.9 Å². The van der Waals surface area contributed by atoms with Gasteiger partial charge in [0, 0.05) is 11.4 Å².